The highest BCUT2D eigenvalue weighted by atomic mass is 16.1. The molecule has 27 heavy (non-hydrogen) atoms. The zero-order chi connectivity index (χ0) is 18.8. The first-order valence-corrected chi connectivity index (χ1v) is 9.26. The molecule has 0 aliphatic carbocycles. The van der Waals surface area contributed by atoms with E-state index < -0.39 is 0 Å². The van der Waals surface area contributed by atoms with Gasteiger partial charge < -0.3 is 9.88 Å². The van der Waals surface area contributed by atoms with Crippen molar-refractivity contribution in [3.8, 4) is 6.07 Å². The van der Waals surface area contributed by atoms with Crippen molar-refractivity contribution in [3.63, 3.8) is 0 Å². The van der Waals surface area contributed by atoms with Crippen molar-refractivity contribution in [2.24, 2.45) is 0 Å². The van der Waals surface area contributed by atoms with E-state index in [2.05, 4.69) is 28.1 Å². The van der Waals surface area contributed by atoms with Gasteiger partial charge in [-0.2, -0.15) is 5.26 Å². The second-order valence-electron chi connectivity index (χ2n) is 6.96. The van der Waals surface area contributed by atoms with Crippen molar-refractivity contribution in [2.75, 3.05) is 18.0 Å². The van der Waals surface area contributed by atoms with Crippen LogP contribution in [0, 0.1) is 18.3 Å². The molecule has 3 aromatic rings. The van der Waals surface area contributed by atoms with E-state index >= 15 is 0 Å². The molecule has 0 bridgehead atoms. The van der Waals surface area contributed by atoms with E-state index in [0.717, 1.165) is 35.2 Å². The lowest BCUT2D eigenvalue weighted by Gasteiger charge is -2.17. The van der Waals surface area contributed by atoms with Crippen LogP contribution in [0.25, 0.3) is 17.0 Å². The summed E-state index contributed by atoms with van der Waals surface area (Å²) in [6, 6.07) is 17.8. The molecule has 2 aromatic carbocycles. The smallest absolute Gasteiger partial charge is 0.205 e. The molecule has 0 saturated carbocycles. The molecule has 0 amide bonds. The van der Waals surface area contributed by atoms with Crippen LogP contribution in [0.4, 0.5) is 5.69 Å². The van der Waals surface area contributed by atoms with Gasteiger partial charge >= 0.3 is 0 Å². The molecule has 1 saturated heterocycles. The molecule has 1 N–H and O–H groups in total. The molecule has 0 atom stereocenters. The second-order valence-corrected chi connectivity index (χ2v) is 6.96. The molecule has 1 fully saturated rings. The fraction of sp³-hybridized carbons (Fsp3) is 0.217. The lowest BCUT2D eigenvalue weighted by molar-refractivity contribution is 0.104. The summed E-state index contributed by atoms with van der Waals surface area (Å²) in [6.45, 7) is 4.06. The van der Waals surface area contributed by atoms with E-state index in [1.807, 2.05) is 43.3 Å². The Morgan fingerprint density at radius 1 is 1.11 bits per heavy atom. The summed E-state index contributed by atoms with van der Waals surface area (Å²) in [5, 5.41) is 10.4. The van der Waals surface area contributed by atoms with E-state index in [4.69, 9.17) is 0 Å². The number of para-hydroxylation sites is 1. The first-order chi connectivity index (χ1) is 13.2. The van der Waals surface area contributed by atoms with Gasteiger partial charge in [-0.1, -0.05) is 30.3 Å². The Labute approximate surface area is 158 Å². The van der Waals surface area contributed by atoms with Crippen LogP contribution >= 0.6 is 0 Å². The van der Waals surface area contributed by atoms with Crippen molar-refractivity contribution in [1.29, 1.82) is 5.26 Å². The number of aromatic nitrogens is 1. The van der Waals surface area contributed by atoms with Crippen molar-refractivity contribution < 1.29 is 4.79 Å². The number of nitriles is 1. The standard InChI is InChI=1S/C23H21N3O/c1-16-22(20-6-2-3-7-21(20)25-16)23(27)18(15-24)14-17-8-10-19(11-9-17)26-12-4-5-13-26/h2-3,6-11,14,25H,4-5,12-13H2,1H3/b18-14+. The largest absolute Gasteiger partial charge is 0.372 e. The van der Waals surface area contributed by atoms with Crippen LogP contribution in [0.3, 0.4) is 0 Å². The molecule has 134 valence electrons. The molecule has 0 unspecified atom stereocenters. The predicted octanol–water partition coefficient (Wildman–Crippen LogP) is 4.87. The number of benzene rings is 2. The predicted molar refractivity (Wildman–Crippen MR) is 109 cm³/mol. The van der Waals surface area contributed by atoms with Crippen LogP contribution in [0.2, 0.25) is 0 Å². The average molecular weight is 355 g/mol. The fourth-order valence-electron chi connectivity index (χ4n) is 3.78. The molecule has 2 heterocycles. The van der Waals surface area contributed by atoms with E-state index in [1.54, 1.807) is 6.08 Å². The molecule has 1 aliphatic heterocycles. The number of aryl methyl sites for hydroxylation is 1. The maximum absolute atomic E-state index is 13.0. The number of nitrogens with one attached hydrogen (secondary N) is 1. The molecule has 4 heteroatoms. The number of fused-ring (bicyclic) bond motifs is 1. The van der Waals surface area contributed by atoms with Crippen LogP contribution in [0.5, 0.6) is 0 Å². The normalized spacial score (nSPS) is 14.5. The van der Waals surface area contributed by atoms with E-state index in [9.17, 15) is 10.1 Å². The molecule has 0 spiro atoms. The van der Waals surface area contributed by atoms with E-state index in [0.29, 0.717) is 5.56 Å². The third-order valence-corrected chi connectivity index (χ3v) is 5.16. The Morgan fingerprint density at radius 3 is 2.52 bits per heavy atom. The highest BCUT2D eigenvalue weighted by molar-refractivity contribution is 6.20. The SMILES string of the molecule is Cc1[nH]c2ccccc2c1C(=O)/C(C#N)=C/c1ccc(N2CCCC2)cc1. The van der Waals surface area contributed by atoms with Gasteiger partial charge in [0.05, 0.1) is 5.56 Å². The third kappa shape index (κ3) is 3.24. The number of H-pyrrole nitrogens is 1. The number of aromatic amines is 1. The van der Waals surface area contributed by atoms with Crippen molar-refractivity contribution in [3.05, 3.63) is 70.9 Å². The van der Waals surface area contributed by atoms with Gasteiger partial charge in [-0.25, -0.2) is 0 Å². The maximum atomic E-state index is 13.0. The number of hydrogen-bond acceptors (Lipinski definition) is 3. The number of anilines is 1. The van der Waals surface area contributed by atoms with Crippen LogP contribution in [-0.4, -0.2) is 23.9 Å². The quantitative estimate of drug-likeness (QED) is 0.413. The number of hydrogen-bond donors (Lipinski definition) is 1. The Hall–Kier alpha value is -3.32. The first kappa shape index (κ1) is 17.1. The van der Waals surface area contributed by atoms with Crippen molar-refractivity contribution in [2.45, 2.75) is 19.8 Å². The van der Waals surface area contributed by atoms with Gasteiger partial charge in [-0.05, 0) is 49.6 Å². The number of nitrogens with zero attached hydrogens (tertiary/aromatic N) is 2. The minimum Gasteiger partial charge on any atom is -0.372 e. The maximum Gasteiger partial charge on any atom is 0.205 e. The lowest BCUT2D eigenvalue weighted by Crippen LogP contribution is -2.17. The summed E-state index contributed by atoms with van der Waals surface area (Å²) >= 11 is 0. The van der Waals surface area contributed by atoms with Crippen molar-refractivity contribution in [1.82, 2.24) is 4.98 Å². The highest BCUT2D eigenvalue weighted by Gasteiger charge is 2.19. The number of carbonyl (C=O) groups is 1. The summed E-state index contributed by atoms with van der Waals surface area (Å²) in [5.41, 5.74) is 4.48. The summed E-state index contributed by atoms with van der Waals surface area (Å²) in [6.07, 6.45) is 4.15. The molecular formula is C23H21N3O. The number of rotatable bonds is 4. The zero-order valence-corrected chi connectivity index (χ0v) is 15.3. The zero-order valence-electron chi connectivity index (χ0n) is 15.3. The van der Waals surface area contributed by atoms with Crippen LogP contribution < -0.4 is 4.90 Å². The number of carbonyl (C=O) groups excluding carboxylic acids is 1. The summed E-state index contributed by atoms with van der Waals surface area (Å²) in [7, 11) is 0. The van der Waals surface area contributed by atoms with Gasteiger partial charge in [0, 0.05) is 35.4 Å². The van der Waals surface area contributed by atoms with Crippen LogP contribution in [-0.2, 0) is 0 Å². The third-order valence-electron chi connectivity index (χ3n) is 5.16. The first-order valence-electron chi connectivity index (χ1n) is 9.26. The average Bonchev–Trinajstić information content (AvgIpc) is 3.33. The van der Waals surface area contributed by atoms with Crippen LogP contribution in [0.15, 0.2) is 54.1 Å². The molecular weight excluding hydrogens is 334 g/mol. The number of Topliss-reactive ketones (excluding diaryl/α,β-unsaturated/α-hetero) is 1. The Balaban J connectivity index is 1.65. The molecule has 4 rings (SSSR count). The Kier molecular flexibility index (Phi) is 4.52. The molecule has 0 radical (unpaired) electrons. The molecule has 4 nitrogen and oxygen atoms in total. The molecule has 1 aromatic heterocycles. The summed E-state index contributed by atoms with van der Waals surface area (Å²) < 4.78 is 0. The van der Waals surface area contributed by atoms with E-state index in [1.165, 1.54) is 18.5 Å². The van der Waals surface area contributed by atoms with Crippen molar-refractivity contribution >= 4 is 28.4 Å². The molecule has 1 aliphatic rings. The van der Waals surface area contributed by atoms with Gasteiger partial charge in [0.25, 0.3) is 0 Å². The number of allylic oxidation sites excluding steroid dienone is 1. The second kappa shape index (κ2) is 7.13. The number of ketones is 1. The Morgan fingerprint density at radius 2 is 1.81 bits per heavy atom. The minimum atomic E-state index is -0.240. The van der Waals surface area contributed by atoms with E-state index in [-0.39, 0.29) is 11.4 Å². The summed E-state index contributed by atoms with van der Waals surface area (Å²) in [4.78, 5) is 18.6. The lowest BCUT2D eigenvalue weighted by atomic mass is 9.99. The monoisotopic (exact) mass is 355 g/mol. The van der Waals surface area contributed by atoms with Gasteiger partial charge in [0.2, 0.25) is 5.78 Å². The highest BCUT2D eigenvalue weighted by Crippen LogP contribution is 2.26. The topological polar surface area (TPSA) is 59.9 Å². The van der Waals surface area contributed by atoms with Crippen LogP contribution in [0.1, 0.15) is 34.5 Å². The van der Waals surface area contributed by atoms with Gasteiger partial charge in [0.1, 0.15) is 11.6 Å². The van der Waals surface area contributed by atoms with Gasteiger partial charge in [-0.15, -0.1) is 0 Å². The van der Waals surface area contributed by atoms with Gasteiger partial charge in [-0.3, -0.25) is 4.79 Å². The minimum absolute atomic E-state index is 0.150. The Bertz CT molecular complexity index is 1060. The fourth-order valence-corrected chi connectivity index (χ4v) is 3.78. The van der Waals surface area contributed by atoms with Gasteiger partial charge in [0.15, 0.2) is 0 Å². The summed E-state index contributed by atoms with van der Waals surface area (Å²) in [5.74, 6) is -0.240.